The van der Waals surface area contributed by atoms with Gasteiger partial charge in [-0.3, -0.25) is 19.2 Å². The third-order valence-corrected chi connectivity index (χ3v) is 8.25. The molecular formula is C32H50N6O6. The number of amides is 5. The lowest BCUT2D eigenvalue weighted by Gasteiger charge is -2.31. The Bertz CT molecular complexity index is 1190. The van der Waals surface area contributed by atoms with Crippen molar-refractivity contribution in [2.24, 2.45) is 23.3 Å². The summed E-state index contributed by atoms with van der Waals surface area (Å²) in [5, 5.41) is 8.38. The summed E-state index contributed by atoms with van der Waals surface area (Å²) in [6.45, 7) is 10.0. The molecule has 7 N–H and O–H groups in total. The molecule has 244 valence electrons. The molecular weight excluding hydrogens is 564 g/mol. The highest BCUT2D eigenvalue weighted by molar-refractivity contribution is 5.99. The first kappa shape index (κ1) is 34.8. The third-order valence-electron chi connectivity index (χ3n) is 8.25. The second-order valence-corrected chi connectivity index (χ2v) is 13.4. The quantitative estimate of drug-likeness (QED) is 0.198. The topological polar surface area (TPSA) is 186 Å². The molecule has 5 atom stereocenters. The zero-order valence-electron chi connectivity index (χ0n) is 26.7. The predicted octanol–water partition coefficient (Wildman–Crippen LogP) is 1.74. The smallest absolute Gasteiger partial charge is 0.407 e. The van der Waals surface area contributed by atoms with Gasteiger partial charge < -0.3 is 37.1 Å². The van der Waals surface area contributed by atoms with E-state index in [0.717, 1.165) is 5.56 Å². The molecule has 1 aliphatic heterocycles. The van der Waals surface area contributed by atoms with E-state index < -0.39 is 53.1 Å². The Balaban J connectivity index is 1.59. The number of alkyl carbamates (subject to hydrolysis) is 1. The lowest BCUT2D eigenvalue weighted by molar-refractivity contribution is -0.143. The minimum absolute atomic E-state index is 0.0835. The van der Waals surface area contributed by atoms with Gasteiger partial charge in [0.2, 0.25) is 23.6 Å². The van der Waals surface area contributed by atoms with Crippen LogP contribution in [-0.2, 0) is 30.3 Å². The molecule has 0 aromatic heterocycles. The maximum Gasteiger partial charge on any atom is 0.407 e. The van der Waals surface area contributed by atoms with Crippen molar-refractivity contribution in [3.05, 3.63) is 35.9 Å². The van der Waals surface area contributed by atoms with Gasteiger partial charge in [-0.05, 0) is 83.1 Å². The second-order valence-electron chi connectivity index (χ2n) is 13.4. The van der Waals surface area contributed by atoms with E-state index in [0.29, 0.717) is 51.6 Å². The molecule has 2 aliphatic rings. The number of carbonyl (C=O) groups excluding carboxylic acids is 5. The molecule has 0 bridgehead atoms. The van der Waals surface area contributed by atoms with E-state index >= 15 is 0 Å². The van der Waals surface area contributed by atoms with Crippen LogP contribution in [-0.4, -0.2) is 77.0 Å². The van der Waals surface area contributed by atoms with Crippen LogP contribution in [0.2, 0.25) is 0 Å². The Morgan fingerprint density at radius 1 is 1.09 bits per heavy atom. The summed E-state index contributed by atoms with van der Waals surface area (Å²) in [4.78, 5) is 66.1. The van der Waals surface area contributed by atoms with E-state index in [9.17, 15) is 24.0 Å². The molecule has 5 amide bonds. The summed E-state index contributed by atoms with van der Waals surface area (Å²) in [5.41, 5.74) is 11.0. The Hall–Kier alpha value is -3.67. The largest absolute Gasteiger partial charge is 0.444 e. The molecule has 44 heavy (non-hydrogen) atoms. The molecule has 12 heteroatoms. The minimum Gasteiger partial charge on any atom is -0.444 e. The van der Waals surface area contributed by atoms with Crippen molar-refractivity contribution in [3.63, 3.8) is 0 Å². The number of nitrogens with zero attached hydrogens (tertiary/aromatic N) is 1. The lowest BCUT2D eigenvalue weighted by atomic mass is 10.0. The lowest BCUT2D eigenvalue weighted by Crippen LogP contribution is -2.59. The molecule has 2 fully saturated rings. The summed E-state index contributed by atoms with van der Waals surface area (Å²) < 4.78 is 5.20. The normalized spacial score (nSPS) is 22.6. The van der Waals surface area contributed by atoms with Gasteiger partial charge in [0.1, 0.15) is 23.2 Å². The van der Waals surface area contributed by atoms with Gasteiger partial charge >= 0.3 is 6.09 Å². The van der Waals surface area contributed by atoms with Crippen molar-refractivity contribution in [1.29, 1.82) is 0 Å². The second kappa shape index (κ2) is 14.9. The van der Waals surface area contributed by atoms with Gasteiger partial charge in [-0.2, -0.15) is 0 Å². The van der Waals surface area contributed by atoms with E-state index in [1.165, 1.54) is 4.90 Å². The minimum atomic E-state index is -1.12. The van der Waals surface area contributed by atoms with E-state index in [2.05, 4.69) is 16.0 Å². The van der Waals surface area contributed by atoms with Crippen molar-refractivity contribution in [3.8, 4) is 0 Å². The highest BCUT2D eigenvalue weighted by Gasteiger charge is 2.64. The standard InChI is InChI=1S/C32H50N6O6/c1-20(2)22-19-32(22,37-27(40)23(33)18-21-12-7-6-8-13-21)29(42)38-17-11-15-25(38)28(41)36-24(26(34)39)14-9-10-16-35-30(43)44-31(3,4)5/h6-8,12-13,20,22-25H,9-11,14-19,33H2,1-5H3,(H2,34,39)(H,35,43)(H,36,41)(H,37,40)/t22?,23-,24-,25-,32?/m0/s1. The Labute approximate surface area is 260 Å². The summed E-state index contributed by atoms with van der Waals surface area (Å²) in [6, 6.07) is 6.92. The monoisotopic (exact) mass is 614 g/mol. The molecule has 12 nitrogen and oxygen atoms in total. The molecule has 1 aromatic carbocycles. The first-order valence-electron chi connectivity index (χ1n) is 15.6. The first-order valence-corrected chi connectivity index (χ1v) is 15.6. The number of nitrogens with two attached hydrogens (primary N) is 2. The third kappa shape index (κ3) is 9.41. The summed E-state index contributed by atoms with van der Waals surface area (Å²) in [5.74, 6) is -1.77. The van der Waals surface area contributed by atoms with Gasteiger partial charge in [-0.1, -0.05) is 44.2 Å². The number of unbranched alkanes of at least 4 members (excludes halogenated alkanes) is 1. The zero-order valence-corrected chi connectivity index (χ0v) is 26.7. The number of rotatable bonds is 14. The number of nitrogens with one attached hydrogen (secondary N) is 3. The number of benzene rings is 1. The highest BCUT2D eigenvalue weighted by Crippen LogP contribution is 2.50. The SMILES string of the molecule is CC(C)C1CC1(NC(=O)[C@@H](N)Cc1ccccc1)C(=O)N1CCC[C@H]1C(=O)N[C@@H](CCCCNC(=O)OC(C)(C)C)C(N)=O. The van der Waals surface area contributed by atoms with Crippen LogP contribution in [0.15, 0.2) is 30.3 Å². The van der Waals surface area contributed by atoms with Crippen molar-refractivity contribution >= 4 is 29.7 Å². The van der Waals surface area contributed by atoms with Gasteiger partial charge in [-0.25, -0.2) is 4.79 Å². The zero-order chi connectivity index (χ0) is 32.7. The fourth-order valence-electron chi connectivity index (χ4n) is 5.88. The average molecular weight is 615 g/mol. The van der Waals surface area contributed by atoms with Gasteiger partial charge in [-0.15, -0.1) is 0 Å². The highest BCUT2D eigenvalue weighted by atomic mass is 16.6. The molecule has 0 radical (unpaired) electrons. The van der Waals surface area contributed by atoms with Gasteiger partial charge in [0.15, 0.2) is 0 Å². The summed E-state index contributed by atoms with van der Waals surface area (Å²) in [7, 11) is 0. The molecule has 1 aromatic rings. The van der Waals surface area contributed by atoms with Gasteiger partial charge in [0, 0.05) is 13.1 Å². The number of hydrogen-bond donors (Lipinski definition) is 5. The van der Waals surface area contributed by atoms with E-state index in [1.807, 2.05) is 44.2 Å². The van der Waals surface area contributed by atoms with Crippen molar-refractivity contribution < 1.29 is 28.7 Å². The number of hydrogen-bond acceptors (Lipinski definition) is 7. The van der Waals surface area contributed by atoms with Gasteiger partial charge in [0.05, 0.1) is 6.04 Å². The molecule has 1 saturated carbocycles. The maximum atomic E-state index is 14.0. The Morgan fingerprint density at radius 3 is 2.36 bits per heavy atom. The molecule has 3 rings (SSSR count). The van der Waals surface area contributed by atoms with Crippen molar-refractivity contribution in [1.82, 2.24) is 20.9 Å². The molecule has 1 heterocycles. The summed E-state index contributed by atoms with van der Waals surface area (Å²) >= 11 is 0. The van der Waals surface area contributed by atoms with Crippen molar-refractivity contribution in [2.45, 2.75) is 109 Å². The number of ether oxygens (including phenoxy) is 1. The Morgan fingerprint density at radius 2 is 1.77 bits per heavy atom. The van der Waals surface area contributed by atoms with Crippen LogP contribution in [0, 0.1) is 11.8 Å². The summed E-state index contributed by atoms with van der Waals surface area (Å²) in [6.07, 6.45) is 2.70. The number of primary amides is 1. The van der Waals surface area contributed by atoms with Crippen LogP contribution in [0.1, 0.15) is 78.7 Å². The van der Waals surface area contributed by atoms with Crippen molar-refractivity contribution in [2.75, 3.05) is 13.1 Å². The fourth-order valence-corrected chi connectivity index (χ4v) is 5.88. The van der Waals surface area contributed by atoms with Crippen LogP contribution in [0.25, 0.3) is 0 Å². The van der Waals surface area contributed by atoms with Crippen LogP contribution in [0.3, 0.4) is 0 Å². The van der Waals surface area contributed by atoms with Crippen LogP contribution < -0.4 is 27.4 Å². The van der Waals surface area contributed by atoms with E-state index in [-0.39, 0.29) is 24.2 Å². The van der Waals surface area contributed by atoms with Crippen LogP contribution >= 0.6 is 0 Å². The van der Waals surface area contributed by atoms with E-state index in [1.54, 1.807) is 20.8 Å². The van der Waals surface area contributed by atoms with Crippen LogP contribution in [0.4, 0.5) is 4.79 Å². The maximum absolute atomic E-state index is 14.0. The first-order chi connectivity index (χ1) is 20.6. The molecule has 2 unspecified atom stereocenters. The van der Waals surface area contributed by atoms with Crippen LogP contribution in [0.5, 0.6) is 0 Å². The number of likely N-dealkylation sites (tertiary alicyclic amines) is 1. The predicted molar refractivity (Wildman–Crippen MR) is 166 cm³/mol. The molecule has 0 spiro atoms. The van der Waals surface area contributed by atoms with Gasteiger partial charge in [0.25, 0.3) is 0 Å². The fraction of sp³-hybridized carbons (Fsp3) is 0.656. The molecule has 1 aliphatic carbocycles. The number of carbonyl (C=O) groups is 5. The van der Waals surface area contributed by atoms with E-state index in [4.69, 9.17) is 16.2 Å². The molecule has 1 saturated heterocycles. The average Bonchev–Trinajstić information content (AvgIpc) is 3.46. The Kier molecular flexibility index (Phi) is 11.8.